The summed E-state index contributed by atoms with van der Waals surface area (Å²) in [6.07, 6.45) is 2.90. The number of benzene rings is 2. The van der Waals surface area contributed by atoms with Crippen LogP contribution in [0.3, 0.4) is 0 Å². The van der Waals surface area contributed by atoms with E-state index in [1.54, 1.807) is 42.9 Å². The standard InChI is InChI=1S/C33H40N8O7/c1-33(2)31(45)36-32(46)41(33)21-27(42)39-16-13-23-20-40(38-37-23)15-8-18-48-28-24(11-7-12-26(28)47-3)29(43)35-25(30(44)34-14-17-39)19-22-9-5-4-6-10-22/h4-7,9-12,20,25H,8,13-19,21H2,1-3H3,(H,34,44)(H,35,43)(H,36,45,46)/t25-/m0/s1. The summed E-state index contributed by atoms with van der Waals surface area (Å²) in [5, 5.41) is 16.4. The molecule has 0 spiro atoms. The molecular weight excluding hydrogens is 620 g/mol. The summed E-state index contributed by atoms with van der Waals surface area (Å²) in [5.74, 6) is -1.22. The number of hydrogen-bond acceptors (Lipinski definition) is 9. The molecule has 2 aromatic carbocycles. The molecule has 2 bridgehead atoms. The average molecular weight is 661 g/mol. The molecule has 6 amide bonds. The first-order valence-electron chi connectivity index (χ1n) is 15.8. The van der Waals surface area contributed by atoms with Gasteiger partial charge in [-0.15, -0.1) is 5.10 Å². The molecule has 2 aliphatic rings. The van der Waals surface area contributed by atoms with Crippen molar-refractivity contribution in [3.8, 4) is 11.5 Å². The number of para-hydroxylation sites is 1. The molecule has 2 aliphatic heterocycles. The lowest BCUT2D eigenvalue weighted by atomic mass is 10.0. The minimum Gasteiger partial charge on any atom is -0.493 e. The number of rotatable bonds is 5. The van der Waals surface area contributed by atoms with E-state index in [2.05, 4.69) is 26.3 Å². The Labute approximate surface area is 277 Å². The Balaban J connectivity index is 1.39. The van der Waals surface area contributed by atoms with E-state index in [0.29, 0.717) is 30.8 Å². The summed E-state index contributed by atoms with van der Waals surface area (Å²) in [6.45, 7) is 3.91. The predicted molar refractivity (Wildman–Crippen MR) is 172 cm³/mol. The van der Waals surface area contributed by atoms with Gasteiger partial charge >= 0.3 is 6.03 Å². The van der Waals surface area contributed by atoms with Crippen LogP contribution in [0.2, 0.25) is 0 Å². The number of aryl methyl sites for hydroxylation is 1. The maximum Gasteiger partial charge on any atom is 0.325 e. The third kappa shape index (κ3) is 7.90. The zero-order valence-corrected chi connectivity index (χ0v) is 27.2. The Morgan fingerprint density at radius 2 is 1.83 bits per heavy atom. The highest BCUT2D eigenvalue weighted by Gasteiger charge is 2.46. The highest BCUT2D eigenvalue weighted by atomic mass is 16.5. The average Bonchev–Trinajstić information content (AvgIpc) is 3.60. The molecule has 1 atom stereocenters. The van der Waals surface area contributed by atoms with Gasteiger partial charge in [-0.05, 0) is 31.5 Å². The maximum atomic E-state index is 13.7. The number of carbonyl (C=O) groups excluding carboxylic acids is 5. The van der Waals surface area contributed by atoms with Gasteiger partial charge in [0.1, 0.15) is 18.1 Å². The molecule has 1 saturated heterocycles. The van der Waals surface area contributed by atoms with Crippen LogP contribution in [0, 0.1) is 0 Å². The molecule has 0 saturated carbocycles. The number of urea groups is 1. The van der Waals surface area contributed by atoms with E-state index >= 15 is 0 Å². The first kappa shape index (κ1) is 33.9. The van der Waals surface area contributed by atoms with E-state index in [-0.39, 0.29) is 50.5 Å². The highest BCUT2D eigenvalue weighted by molar-refractivity contribution is 6.07. The second kappa shape index (κ2) is 15.0. The molecule has 3 aromatic rings. The molecule has 15 nitrogen and oxygen atoms in total. The molecule has 1 aromatic heterocycles. The summed E-state index contributed by atoms with van der Waals surface area (Å²) in [6, 6.07) is 12.7. The largest absolute Gasteiger partial charge is 0.493 e. The minimum absolute atomic E-state index is 0.0560. The number of carbonyl (C=O) groups is 5. The van der Waals surface area contributed by atoms with Gasteiger partial charge in [-0.25, -0.2) is 4.79 Å². The summed E-state index contributed by atoms with van der Waals surface area (Å²) in [7, 11) is 1.49. The maximum absolute atomic E-state index is 13.7. The van der Waals surface area contributed by atoms with E-state index in [0.717, 1.165) is 5.56 Å². The molecule has 15 heteroatoms. The van der Waals surface area contributed by atoms with Crippen LogP contribution < -0.4 is 25.4 Å². The van der Waals surface area contributed by atoms with Crippen molar-refractivity contribution in [2.75, 3.05) is 39.9 Å². The fourth-order valence-electron chi connectivity index (χ4n) is 5.51. The smallest absolute Gasteiger partial charge is 0.325 e. The number of methoxy groups -OCH3 is 1. The molecule has 3 heterocycles. The van der Waals surface area contributed by atoms with Crippen LogP contribution in [0.25, 0.3) is 0 Å². The monoisotopic (exact) mass is 660 g/mol. The van der Waals surface area contributed by atoms with Crippen molar-refractivity contribution in [2.24, 2.45) is 0 Å². The highest BCUT2D eigenvalue weighted by Crippen LogP contribution is 2.31. The van der Waals surface area contributed by atoms with Crippen molar-refractivity contribution in [1.29, 1.82) is 0 Å². The number of amides is 6. The van der Waals surface area contributed by atoms with Crippen LogP contribution in [0.5, 0.6) is 11.5 Å². The molecule has 1 fully saturated rings. The topological polar surface area (TPSA) is 177 Å². The quantitative estimate of drug-likeness (QED) is 0.336. The Bertz CT molecular complexity index is 1660. The summed E-state index contributed by atoms with van der Waals surface area (Å²) in [4.78, 5) is 68.4. The molecule has 0 unspecified atom stereocenters. The number of nitrogens with one attached hydrogen (secondary N) is 3. The second-order valence-electron chi connectivity index (χ2n) is 12.1. The Morgan fingerprint density at radius 1 is 1.04 bits per heavy atom. The van der Waals surface area contributed by atoms with Gasteiger partial charge in [0.05, 0.1) is 25.0 Å². The lowest BCUT2D eigenvalue weighted by Crippen LogP contribution is -2.52. The van der Waals surface area contributed by atoms with Crippen molar-refractivity contribution in [1.82, 2.24) is 40.7 Å². The van der Waals surface area contributed by atoms with Crippen molar-refractivity contribution in [3.63, 3.8) is 0 Å². The van der Waals surface area contributed by atoms with Gasteiger partial charge in [-0.1, -0.05) is 41.6 Å². The fraction of sp³-hybridized carbons (Fsp3) is 0.424. The van der Waals surface area contributed by atoms with E-state index in [4.69, 9.17) is 9.47 Å². The minimum atomic E-state index is -1.20. The Morgan fingerprint density at radius 3 is 2.56 bits per heavy atom. The fourth-order valence-corrected chi connectivity index (χ4v) is 5.51. The third-order valence-electron chi connectivity index (χ3n) is 8.37. The lowest BCUT2D eigenvalue weighted by molar-refractivity contribution is -0.134. The van der Waals surface area contributed by atoms with Crippen LogP contribution in [0.15, 0.2) is 54.7 Å². The van der Waals surface area contributed by atoms with Gasteiger partial charge < -0.3 is 29.9 Å². The van der Waals surface area contributed by atoms with Gasteiger partial charge in [0, 0.05) is 51.6 Å². The predicted octanol–water partition coefficient (Wildman–Crippen LogP) is 0.928. The number of aromatic nitrogens is 3. The normalized spacial score (nSPS) is 19.1. The van der Waals surface area contributed by atoms with Crippen LogP contribution in [0.4, 0.5) is 4.79 Å². The molecule has 48 heavy (non-hydrogen) atoms. The first-order valence-corrected chi connectivity index (χ1v) is 15.8. The summed E-state index contributed by atoms with van der Waals surface area (Å²) in [5.41, 5.74) is 0.498. The number of nitrogens with zero attached hydrogens (tertiary/aromatic N) is 5. The van der Waals surface area contributed by atoms with Crippen molar-refractivity contribution < 1.29 is 33.4 Å². The first-order chi connectivity index (χ1) is 23.1. The van der Waals surface area contributed by atoms with E-state index < -0.39 is 41.2 Å². The molecule has 3 N–H and O–H groups in total. The van der Waals surface area contributed by atoms with Crippen molar-refractivity contribution in [2.45, 2.75) is 51.2 Å². The van der Waals surface area contributed by atoms with Crippen molar-refractivity contribution >= 4 is 29.7 Å². The number of imide groups is 1. The molecular formula is C33H40N8O7. The van der Waals surface area contributed by atoms with Gasteiger partial charge in [0.15, 0.2) is 11.5 Å². The summed E-state index contributed by atoms with van der Waals surface area (Å²) >= 11 is 0. The molecule has 254 valence electrons. The zero-order valence-electron chi connectivity index (χ0n) is 27.2. The lowest BCUT2D eigenvalue weighted by Gasteiger charge is -2.30. The second-order valence-corrected chi connectivity index (χ2v) is 12.1. The van der Waals surface area contributed by atoms with Gasteiger partial charge in [0.25, 0.3) is 11.8 Å². The Hall–Kier alpha value is -5.47. The van der Waals surface area contributed by atoms with E-state index in [1.165, 1.54) is 16.9 Å². The van der Waals surface area contributed by atoms with Crippen LogP contribution in [0.1, 0.15) is 41.9 Å². The zero-order chi connectivity index (χ0) is 34.3. The number of hydrogen-bond donors (Lipinski definition) is 3. The SMILES string of the molecule is COc1cccc2c1OCCCn1cc(nn1)CCN(C(=O)CN1C(=O)NC(=O)C1(C)C)CCNC(=O)[C@H](Cc1ccccc1)NC2=O. The Kier molecular flexibility index (Phi) is 10.6. The van der Waals surface area contributed by atoms with Gasteiger partial charge in [0.2, 0.25) is 11.8 Å². The number of ether oxygens (including phenoxy) is 2. The summed E-state index contributed by atoms with van der Waals surface area (Å²) < 4.78 is 13.2. The van der Waals surface area contributed by atoms with Gasteiger partial charge in [-0.3, -0.25) is 29.2 Å². The van der Waals surface area contributed by atoms with Crippen molar-refractivity contribution in [3.05, 3.63) is 71.5 Å². The number of fused-ring (bicyclic) bond motifs is 3. The molecule has 0 aliphatic carbocycles. The van der Waals surface area contributed by atoms with E-state index in [1.807, 2.05) is 30.3 Å². The third-order valence-corrected chi connectivity index (χ3v) is 8.37. The molecule has 5 rings (SSSR count). The van der Waals surface area contributed by atoms with E-state index in [9.17, 15) is 24.0 Å². The van der Waals surface area contributed by atoms with Gasteiger partial charge in [-0.2, -0.15) is 0 Å². The van der Waals surface area contributed by atoms with Crippen LogP contribution >= 0.6 is 0 Å². The molecule has 0 radical (unpaired) electrons. The van der Waals surface area contributed by atoms with Crippen LogP contribution in [-0.2, 0) is 33.8 Å². The van der Waals surface area contributed by atoms with Crippen LogP contribution in [-0.4, -0.2) is 106 Å².